The molecule has 1 fully saturated rings. The van der Waals surface area contributed by atoms with Gasteiger partial charge >= 0.3 is 0 Å². The topological polar surface area (TPSA) is 82.9 Å². The molecular formula is C28H34FN7O. The number of fused-ring (bicyclic) bond motifs is 1. The summed E-state index contributed by atoms with van der Waals surface area (Å²) in [6, 6.07) is 5.76. The number of benzene rings is 1. The lowest BCUT2D eigenvalue weighted by atomic mass is 9.97. The van der Waals surface area contributed by atoms with Gasteiger partial charge in [0.2, 0.25) is 0 Å². The van der Waals surface area contributed by atoms with Gasteiger partial charge in [-0.1, -0.05) is 25.1 Å². The van der Waals surface area contributed by atoms with Gasteiger partial charge in [0.25, 0.3) is 0 Å². The van der Waals surface area contributed by atoms with E-state index in [1.807, 2.05) is 38.4 Å². The van der Waals surface area contributed by atoms with Crippen molar-refractivity contribution in [2.45, 2.75) is 39.2 Å². The second kappa shape index (κ2) is 10.5. The summed E-state index contributed by atoms with van der Waals surface area (Å²) < 4.78 is 16.7. The molecule has 194 valence electrons. The summed E-state index contributed by atoms with van der Waals surface area (Å²) in [5, 5.41) is 5.22. The SMILES string of the molecule is CC[C@H](C(=O)Cc1cccc2c(-c3nc(Cc4cn(C)nc4C)ncc3F)c[nH]c12)N1CCN(C)CC1. The summed E-state index contributed by atoms with van der Waals surface area (Å²) in [6.45, 7) is 7.79. The van der Waals surface area contributed by atoms with E-state index < -0.39 is 5.82 Å². The number of carbonyl (C=O) groups is 1. The highest BCUT2D eigenvalue weighted by Gasteiger charge is 2.27. The average molecular weight is 504 g/mol. The Morgan fingerprint density at radius 3 is 2.65 bits per heavy atom. The molecule has 0 unspecified atom stereocenters. The van der Waals surface area contributed by atoms with Gasteiger partial charge in [0.05, 0.1) is 17.9 Å². The smallest absolute Gasteiger partial charge is 0.167 e. The number of aromatic nitrogens is 5. The number of nitrogens with zero attached hydrogens (tertiary/aromatic N) is 6. The van der Waals surface area contributed by atoms with Crippen LogP contribution in [0.4, 0.5) is 4.39 Å². The fraction of sp³-hybridized carbons (Fsp3) is 0.429. The van der Waals surface area contributed by atoms with Crippen molar-refractivity contribution in [1.82, 2.24) is 34.5 Å². The maximum Gasteiger partial charge on any atom is 0.167 e. The molecule has 0 spiro atoms. The maximum atomic E-state index is 15.0. The largest absolute Gasteiger partial charge is 0.360 e. The fourth-order valence-electron chi connectivity index (χ4n) is 5.36. The van der Waals surface area contributed by atoms with E-state index in [4.69, 9.17) is 0 Å². The van der Waals surface area contributed by atoms with Crippen molar-refractivity contribution in [2.24, 2.45) is 7.05 Å². The van der Waals surface area contributed by atoms with E-state index in [9.17, 15) is 9.18 Å². The van der Waals surface area contributed by atoms with Crippen LogP contribution in [-0.4, -0.2) is 79.6 Å². The Labute approximate surface area is 216 Å². The highest BCUT2D eigenvalue weighted by molar-refractivity contribution is 5.98. The van der Waals surface area contributed by atoms with Gasteiger partial charge in [0.1, 0.15) is 11.5 Å². The maximum absolute atomic E-state index is 15.0. The molecule has 37 heavy (non-hydrogen) atoms. The van der Waals surface area contributed by atoms with Gasteiger partial charge < -0.3 is 9.88 Å². The molecule has 5 rings (SSSR count). The molecule has 0 radical (unpaired) electrons. The molecule has 1 aliphatic rings. The number of ketones is 1. The van der Waals surface area contributed by atoms with E-state index in [1.165, 1.54) is 6.20 Å². The number of piperazine rings is 1. The summed E-state index contributed by atoms with van der Waals surface area (Å²) in [5.74, 6) is 0.277. The van der Waals surface area contributed by atoms with E-state index >= 15 is 0 Å². The number of hydrogen-bond acceptors (Lipinski definition) is 6. The molecule has 0 bridgehead atoms. The molecule has 3 aromatic heterocycles. The van der Waals surface area contributed by atoms with Crippen molar-refractivity contribution in [3.05, 3.63) is 65.3 Å². The second-order valence-electron chi connectivity index (χ2n) is 10.0. The first-order chi connectivity index (χ1) is 17.8. The third kappa shape index (κ3) is 5.19. The predicted molar refractivity (Wildman–Crippen MR) is 142 cm³/mol. The Balaban J connectivity index is 1.41. The quantitative estimate of drug-likeness (QED) is 0.396. The first-order valence-corrected chi connectivity index (χ1v) is 12.9. The van der Waals surface area contributed by atoms with Crippen molar-refractivity contribution < 1.29 is 9.18 Å². The minimum atomic E-state index is -0.477. The van der Waals surface area contributed by atoms with E-state index in [-0.39, 0.29) is 17.5 Å². The zero-order chi connectivity index (χ0) is 26.1. The zero-order valence-electron chi connectivity index (χ0n) is 22.0. The molecule has 1 aromatic carbocycles. The van der Waals surface area contributed by atoms with Gasteiger partial charge in [-0.25, -0.2) is 14.4 Å². The number of hydrogen-bond donors (Lipinski definition) is 1. The number of Topliss-reactive ketones (excluding diaryl/α,β-unsaturated/α-hetero) is 1. The van der Waals surface area contributed by atoms with Crippen LogP contribution in [0.5, 0.6) is 0 Å². The normalized spacial score (nSPS) is 15.9. The Morgan fingerprint density at radius 2 is 1.95 bits per heavy atom. The van der Waals surface area contributed by atoms with E-state index in [0.717, 1.165) is 60.3 Å². The van der Waals surface area contributed by atoms with Gasteiger partial charge in [0, 0.05) is 80.5 Å². The first-order valence-electron chi connectivity index (χ1n) is 12.9. The minimum absolute atomic E-state index is 0.0869. The van der Waals surface area contributed by atoms with E-state index in [1.54, 1.807) is 10.9 Å². The van der Waals surface area contributed by atoms with Crippen molar-refractivity contribution in [2.75, 3.05) is 33.2 Å². The molecule has 1 N–H and O–H groups in total. The van der Waals surface area contributed by atoms with Crippen molar-refractivity contribution in [3.63, 3.8) is 0 Å². The van der Waals surface area contributed by atoms with Crippen LogP contribution in [0.25, 0.3) is 22.2 Å². The van der Waals surface area contributed by atoms with Crippen molar-refractivity contribution in [1.29, 1.82) is 0 Å². The summed E-state index contributed by atoms with van der Waals surface area (Å²) in [6.07, 6.45) is 6.54. The van der Waals surface area contributed by atoms with Crippen molar-refractivity contribution in [3.8, 4) is 11.3 Å². The molecule has 4 heterocycles. The first kappa shape index (κ1) is 25.2. The Kier molecular flexibility index (Phi) is 7.17. The molecule has 0 amide bonds. The fourth-order valence-corrected chi connectivity index (χ4v) is 5.36. The van der Waals surface area contributed by atoms with Crippen LogP contribution in [0.3, 0.4) is 0 Å². The number of carbonyl (C=O) groups excluding carboxylic acids is 1. The average Bonchev–Trinajstić information content (AvgIpc) is 3.44. The number of rotatable bonds is 8. The van der Waals surface area contributed by atoms with Crippen LogP contribution in [-0.2, 0) is 24.7 Å². The minimum Gasteiger partial charge on any atom is -0.360 e. The van der Waals surface area contributed by atoms with Crippen LogP contribution >= 0.6 is 0 Å². The lowest BCUT2D eigenvalue weighted by molar-refractivity contribution is -0.124. The van der Waals surface area contributed by atoms with Crippen LogP contribution < -0.4 is 0 Å². The highest BCUT2D eigenvalue weighted by atomic mass is 19.1. The summed E-state index contributed by atoms with van der Waals surface area (Å²) >= 11 is 0. The molecule has 0 saturated carbocycles. The molecule has 4 aromatic rings. The van der Waals surface area contributed by atoms with Crippen molar-refractivity contribution >= 4 is 16.7 Å². The van der Waals surface area contributed by atoms with Crippen LogP contribution in [0.1, 0.15) is 36.0 Å². The molecule has 1 aliphatic heterocycles. The summed E-state index contributed by atoms with van der Waals surface area (Å²) in [7, 11) is 3.99. The lowest BCUT2D eigenvalue weighted by Crippen LogP contribution is -2.51. The van der Waals surface area contributed by atoms with Crippen LogP contribution in [0.15, 0.2) is 36.8 Å². The van der Waals surface area contributed by atoms with Crippen LogP contribution in [0, 0.1) is 12.7 Å². The summed E-state index contributed by atoms with van der Waals surface area (Å²) in [5.41, 5.74) is 4.60. The van der Waals surface area contributed by atoms with E-state index in [0.29, 0.717) is 24.2 Å². The molecule has 9 heteroatoms. The molecular weight excluding hydrogens is 469 g/mol. The van der Waals surface area contributed by atoms with Crippen LogP contribution in [0.2, 0.25) is 0 Å². The second-order valence-corrected chi connectivity index (χ2v) is 10.0. The molecule has 1 atom stereocenters. The molecule has 0 aliphatic carbocycles. The van der Waals surface area contributed by atoms with Gasteiger partial charge in [-0.2, -0.15) is 5.10 Å². The number of aryl methyl sites for hydroxylation is 2. The number of H-pyrrole nitrogens is 1. The number of aromatic amines is 1. The number of nitrogens with one attached hydrogen (secondary N) is 1. The third-order valence-electron chi connectivity index (χ3n) is 7.42. The van der Waals surface area contributed by atoms with E-state index in [2.05, 4.69) is 43.8 Å². The predicted octanol–water partition coefficient (Wildman–Crippen LogP) is 3.53. The Bertz CT molecular complexity index is 1420. The third-order valence-corrected chi connectivity index (χ3v) is 7.42. The number of likely N-dealkylation sites (N-methyl/N-ethyl adjacent to an activating group) is 1. The number of halogens is 1. The zero-order valence-corrected chi connectivity index (χ0v) is 22.0. The molecule has 8 nitrogen and oxygen atoms in total. The molecule has 1 saturated heterocycles. The Morgan fingerprint density at radius 1 is 1.16 bits per heavy atom. The van der Waals surface area contributed by atoms with Gasteiger partial charge in [-0.3, -0.25) is 14.4 Å². The standard InChI is InChI=1S/C28H34FN7O/c1-5-24(36-11-9-34(3)10-12-36)25(37)13-19-7-6-8-21-22(15-31-27(19)21)28-23(29)16-30-26(32-28)14-20-17-35(4)33-18(20)2/h6-8,15-17,24,31H,5,9-14H2,1-4H3/t24-/m1/s1. The lowest BCUT2D eigenvalue weighted by Gasteiger charge is -2.37. The Hall–Kier alpha value is -3.43. The van der Waals surface area contributed by atoms with Gasteiger partial charge in [-0.05, 0) is 26.0 Å². The monoisotopic (exact) mass is 503 g/mol. The number of para-hydroxylation sites is 1. The van der Waals surface area contributed by atoms with Gasteiger partial charge in [-0.15, -0.1) is 0 Å². The van der Waals surface area contributed by atoms with Gasteiger partial charge in [0.15, 0.2) is 11.6 Å². The summed E-state index contributed by atoms with van der Waals surface area (Å²) in [4.78, 5) is 30.1. The highest BCUT2D eigenvalue weighted by Crippen LogP contribution is 2.31.